The van der Waals surface area contributed by atoms with E-state index in [-0.39, 0.29) is 11.3 Å². The van der Waals surface area contributed by atoms with E-state index >= 15 is 0 Å². The summed E-state index contributed by atoms with van der Waals surface area (Å²) in [6.45, 7) is 2.96. The van der Waals surface area contributed by atoms with E-state index in [0.717, 1.165) is 44.2 Å². The second-order valence-corrected chi connectivity index (χ2v) is 7.87. The van der Waals surface area contributed by atoms with Gasteiger partial charge in [0.2, 0.25) is 0 Å². The molecule has 0 amide bonds. The molecule has 5 heteroatoms. The third kappa shape index (κ3) is 4.03. The van der Waals surface area contributed by atoms with Crippen LogP contribution in [-0.4, -0.2) is 37.0 Å². The summed E-state index contributed by atoms with van der Waals surface area (Å²) in [4.78, 5) is 4.12. The molecule has 0 saturated carbocycles. The number of hydrogen-bond donors (Lipinski definition) is 1. The second kappa shape index (κ2) is 7.18. The molecule has 1 N–H and O–H groups in total. The number of sulfone groups is 1. The quantitative estimate of drug-likeness (QED) is 0.872. The van der Waals surface area contributed by atoms with Crippen molar-refractivity contribution in [1.29, 1.82) is 0 Å². The Labute approximate surface area is 121 Å². The molecule has 1 aromatic rings. The number of pyridine rings is 1. The Morgan fingerprint density at radius 1 is 1.45 bits per heavy atom. The fraction of sp³-hybridized carbons (Fsp3) is 0.667. The average Bonchev–Trinajstić information content (AvgIpc) is 2.44. The highest BCUT2D eigenvalue weighted by Crippen LogP contribution is 2.24. The minimum atomic E-state index is -2.96. The zero-order valence-corrected chi connectivity index (χ0v) is 12.9. The van der Waals surface area contributed by atoms with Crippen molar-refractivity contribution >= 4 is 9.84 Å². The minimum absolute atomic E-state index is 0.00412. The number of nitrogens with one attached hydrogen (secondary N) is 1. The number of rotatable bonds is 6. The van der Waals surface area contributed by atoms with Gasteiger partial charge in [0.1, 0.15) is 0 Å². The molecule has 2 rings (SSSR count). The first kappa shape index (κ1) is 15.4. The van der Waals surface area contributed by atoms with Gasteiger partial charge in [0, 0.05) is 18.4 Å². The molecule has 1 aliphatic rings. The first-order valence-corrected chi connectivity index (χ1v) is 9.19. The molecule has 20 heavy (non-hydrogen) atoms. The van der Waals surface area contributed by atoms with Crippen molar-refractivity contribution in [2.75, 3.05) is 12.3 Å². The van der Waals surface area contributed by atoms with E-state index in [4.69, 9.17) is 0 Å². The van der Waals surface area contributed by atoms with Crippen molar-refractivity contribution in [2.45, 2.75) is 50.3 Å². The lowest BCUT2D eigenvalue weighted by Gasteiger charge is -2.31. The average molecular weight is 296 g/mol. The van der Waals surface area contributed by atoms with Crippen LogP contribution in [0, 0.1) is 0 Å². The summed E-state index contributed by atoms with van der Waals surface area (Å²) in [5.74, 6) is 0.342. The minimum Gasteiger partial charge on any atom is -0.312 e. The van der Waals surface area contributed by atoms with E-state index < -0.39 is 9.84 Å². The van der Waals surface area contributed by atoms with Crippen LogP contribution >= 0.6 is 0 Å². The Balaban J connectivity index is 2.14. The molecule has 0 bridgehead atoms. The Morgan fingerprint density at radius 2 is 2.30 bits per heavy atom. The Morgan fingerprint density at radius 3 is 2.95 bits per heavy atom. The summed E-state index contributed by atoms with van der Waals surface area (Å²) in [6, 6.07) is 3.93. The maximum Gasteiger partial charge on any atom is 0.154 e. The van der Waals surface area contributed by atoms with Crippen molar-refractivity contribution in [3.05, 3.63) is 30.1 Å². The lowest BCUT2D eigenvalue weighted by Crippen LogP contribution is -2.48. The van der Waals surface area contributed by atoms with Crippen LogP contribution < -0.4 is 5.32 Å². The predicted octanol–water partition coefficient (Wildman–Crippen LogP) is 1.96. The normalized spacial score (nSPS) is 23.4. The van der Waals surface area contributed by atoms with E-state index in [9.17, 15) is 8.42 Å². The summed E-state index contributed by atoms with van der Waals surface area (Å²) in [5, 5.41) is 3.19. The summed E-state index contributed by atoms with van der Waals surface area (Å²) in [5.41, 5.74) is 1.10. The Bertz CT molecular complexity index is 502. The van der Waals surface area contributed by atoms with Gasteiger partial charge in [-0.05, 0) is 43.9 Å². The maximum absolute atomic E-state index is 12.3. The van der Waals surface area contributed by atoms with Gasteiger partial charge in [-0.15, -0.1) is 0 Å². The van der Waals surface area contributed by atoms with E-state index in [1.807, 2.05) is 18.3 Å². The summed E-state index contributed by atoms with van der Waals surface area (Å²) >= 11 is 0. The van der Waals surface area contributed by atoms with E-state index in [0.29, 0.717) is 5.75 Å². The van der Waals surface area contributed by atoms with Gasteiger partial charge >= 0.3 is 0 Å². The third-order valence-electron chi connectivity index (χ3n) is 3.91. The van der Waals surface area contributed by atoms with Crippen LogP contribution in [-0.2, 0) is 16.3 Å². The standard InChI is InChI=1S/C15H24N2O2S/c1-2-8-17-14(11-13-6-5-9-16-12-13)15-7-3-4-10-20(15,18)19/h5-6,9,12,14-15,17H,2-4,7-8,10-11H2,1H3. The fourth-order valence-corrected chi connectivity index (χ4v) is 5.00. The smallest absolute Gasteiger partial charge is 0.154 e. The third-order valence-corrected chi connectivity index (χ3v) is 6.26. The van der Waals surface area contributed by atoms with Crippen molar-refractivity contribution in [3.8, 4) is 0 Å². The molecule has 0 spiro atoms. The first-order valence-electron chi connectivity index (χ1n) is 7.47. The van der Waals surface area contributed by atoms with Crippen LogP contribution in [0.25, 0.3) is 0 Å². The first-order chi connectivity index (χ1) is 9.63. The van der Waals surface area contributed by atoms with Gasteiger partial charge in [-0.3, -0.25) is 4.98 Å². The van der Waals surface area contributed by atoms with Crippen LogP contribution in [0.4, 0.5) is 0 Å². The van der Waals surface area contributed by atoms with Gasteiger partial charge in [-0.1, -0.05) is 19.4 Å². The molecule has 1 fully saturated rings. The van der Waals surface area contributed by atoms with Crippen LogP contribution in [0.15, 0.2) is 24.5 Å². The SMILES string of the molecule is CCCNC(Cc1cccnc1)C1CCCCS1(=O)=O. The molecule has 1 saturated heterocycles. The molecular weight excluding hydrogens is 272 g/mol. The highest BCUT2D eigenvalue weighted by Gasteiger charge is 2.35. The molecule has 4 nitrogen and oxygen atoms in total. The van der Waals surface area contributed by atoms with Crippen molar-refractivity contribution in [1.82, 2.24) is 10.3 Å². The molecular formula is C15H24N2O2S. The van der Waals surface area contributed by atoms with Crippen LogP contribution in [0.3, 0.4) is 0 Å². The topological polar surface area (TPSA) is 59.1 Å². The van der Waals surface area contributed by atoms with E-state index in [1.165, 1.54) is 0 Å². The van der Waals surface area contributed by atoms with E-state index in [1.54, 1.807) is 6.20 Å². The molecule has 112 valence electrons. The summed E-state index contributed by atoms with van der Waals surface area (Å²) < 4.78 is 24.6. The fourth-order valence-electron chi connectivity index (χ4n) is 2.87. The molecule has 2 heterocycles. The molecule has 2 atom stereocenters. The van der Waals surface area contributed by atoms with Crippen LogP contribution in [0.1, 0.15) is 38.2 Å². The largest absolute Gasteiger partial charge is 0.312 e. The van der Waals surface area contributed by atoms with Gasteiger partial charge in [-0.25, -0.2) is 8.42 Å². The Hall–Kier alpha value is -0.940. The lowest BCUT2D eigenvalue weighted by molar-refractivity contribution is 0.433. The van der Waals surface area contributed by atoms with Gasteiger partial charge in [0.25, 0.3) is 0 Å². The number of hydrogen-bond acceptors (Lipinski definition) is 4. The van der Waals surface area contributed by atoms with Crippen molar-refractivity contribution in [2.24, 2.45) is 0 Å². The van der Waals surface area contributed by atoms with Crippen molar-refractivity contribution < 1.29 is 8.42 Å². The molecule has 1 aromatic heterocycles. The highest BCUT2D eigenvalue weighted by molar-refractivity contribution is 7.92. The van der Waals surface area contributed by atoms with Crippen LogP contribution in [0.5, 0.6) is 0 Å². The van der Waals surface area contributed by atoms with Gasteiger partial charge in [0.15, 0.2) is 9.84 Å². The van der Waals surface area contributed by atoms with Crippen molar-refractivity contribution in [3.63, 3.8) is 0 Å². The molecule has 0 aliphatic carbocycles. The summed E-state index contributed by atoms with van der Waals surface area (Å²) in [6.07, 6.45) is 7.93. The monoisotopic (exact) mass is 296 g/mol. The van der Waals surface area contributed by atoms with Gasteiger partial charge < -0.3 is 5.32 Å². The molecule has 0 aromatic carbocycles. The predicted molar refractivity (Wildman–Crippen MR) is 81.4 cm³/mol. The Kier molecular flexibility index (Phi) is 5.54. The molecule has 1 aliphatic heterocycles. The van der Waals surface area contributed by atoms with Gasteiger partial charge in [-0.2, -0.15) is 0 Å². The number of nitrogens with zero attached hydrogens (tertiary/aromatic N) is 1. The zero-order chi connectivity index (χ0) is 14.4. The maximum atomic E-state index is 12.3. The van der Waals surface area contributed by atoms with Crippen LogP contribution in [0.2, 0.25) is 0 Å². The molecule has 2 unspecified atom stereocenters. The number of aromatic nitrogens is 1. The molecule has 0 radical (unpaired) electrons. The lowest BCUT2D eigenvalue weighted by atomic mass is 10.0. The highest BCUT2D eigenvalue weighted by atomic mass is 32.2. The summed E-state index contributed by atoms with van der Waals surface area (Å²) in [7, 11) is -2.96. The zero-order valence-electron chi connectivity index (χ0n) is 12.1. The van der Waals surface area contributed by atoms with Gasteiger partial charge in [0.05, 0.1) is 11.0 Å². The second-order valence-electron chi connectivity index (χ2n) is 5.53. The van der Waals surface area contributed by atoms with E-state index in [2.05, 4.69) is 17.2 Å².